The number of nitrogens with zero attached hydrogens (tertiary/aromatic N) is 1. The Morgan fingerprint density at radius 1 is 0.407 bits per heavy atom. The number of anilines is 3. The molecule has 8 aromatic rings. The molecule has 0 radical (unpaired) electrons. The Morgan fingerprint density at radius 2 is 0.944 bits per heavy atom. The zero-order valence-electron chi connectivity index (χ0n) is 30.7. The SMILES string of the molecule is CC1(C)c2cc(N(c3ccccc3)c3ccc(-c4ccc(-c5ccccc5)cc4)cc3)ccc2-c2c([C@H]3Cc4ccccc4-c4ccccc43)cccc21. The van der Waals surface area contributed by atoms with Crippen LogP contribution in [0.1, 0.15) is 47.6 Å². The maximum atomic E-state index is 2.45. The third-order valence-electron chi connectivity index (χ3n) is 11.9. The van der Waals surface area contributed by atoms with Crippen LogP contribution in [0.3, 0.4) is 0 Å². The first-order chi connectivity index (χ1) is 26.5. The summed E-state index contributed by atoms with van der Waals surface area (Å²) in [6.07, 6.45) is 1.01. The molecule has 1 heteroatoms. The van der Waals surface area contributed by atoms with Crippen molar-refractivity contribution in [1.82, 2.24) is 0 Å². The van der Waals surface area contributed by atoms with Crippen molar-refractivity contribution in [2.24, 2.45) is 0 Å². The molecule has 258 valence electrons. The van der Waals surface area contributed by atoms with E-state index in [-0.39, 0.29) is 5.41 Å². The van der Waals surface area contributed by atoms with Gasteiger partial charge in [0.25, 0.3) is 0 Å². The minimum absolute atomic E-state index is 0.152. The van der Waals surface area contributed by atoms with Crippen LogP contribution in [0.2, 0.25) is 0 Å². The van der Waals surface area contributed by atoms with E-state index in [2.05, 4.69) is 213 Å². The number of fused-ring (bicyclic) bond motifs is 6. The lowest BCUT2D eigenvalue weighted by Crippen LogP contribution is -2.17. The Bertz CT molecular complexity index is 2630. The van der Waals surface area contributed by atoms with E-state index in [0.29, 0.717) is 5.92 Å². The van der Waals surface area contributed by atoms with Crippen LogP contribution >= 0.6 is 0 Å². The number of benzene rings is 8. The number of para-hydroxylation sites is 1. The Balaban J connectivity index is 1.04. The van der Waals surface area contributed by atoms with Crippen LogP contribution in [0.4, 0.5) is 17.1 Å². The van der Waals surface area contributed by atoms with E-state index in [1.165, 1.54) is 78.0 Å². The fourth-order valence-electron chi connectivity index (χ4n) is 9.16. The van der Waals surface area contributed by atoms with Crippen molar-refractivity contribution in [3.63, 3.8) is 0 Å². The molecule has 0 saturated carbocycles. The topological polar surface area (TPSA) is 3.24 Å². The molecule has 0 heterocycles. The summed E-state index contributed by atoms with van der Waals surface area (Å²) in [5.74, 6) is 0.293. The molecule has 10 rings (SSSR count). The van der Waals surface area contributed by atoms with Gasteiger partial charge in [0.05, 0.1) is 0 Å². The molecule has 0 N–H and O–H groups in total. The highest BCUT2D eigenvalue weighted by molar-refractivity contribution is 5.89. The maximum absolute atomic E-state index is 2.45. The second-order valence-corrected chi connectivity index (χ2v) is 15.3. The molecule has 2 aliphatic rings. The monoisotopic (exact) mass is 691 g/mol. The first kappa shape index (κ1) is 32.2. The van der Waals surface area contributed by atoms with Crippen LogP contribution < -0.4 is 4.90 Å². The molecular formula is C53H41N. The van der Waals surface area contributed by atoms with Gasteiger partial charge in [-0.25, -0.2) is 0 Å². The van der Waals surface area contributed by atoms with Crippen molar-refractivity contribution in [3.8, 4) is 44.5 Å². The average Bonchev–Trinajstić information content (AvgIpc) is 3.47. The molecule has 54 heavy (non-hydrogen) atoms. The highest BCUT2D eigenvalue weighted by atomic mass is 15.1. The molecule has 0 aliphatic heterocycles. The molecule has 0 spiro atoms. The predicted molar refractivity (Wildman–Crippen MR) is 227 cm³/mol. The van der Waals surface area contributed by atoms with Gasteiger partial charge in [0.15, 0.2) is 0 Å². The van der Waals surface area contributed by atoms with Crippen LogP contribution in [0.15, 0.2) is 194 Å². The van der Waals surface area contributed by atoms with Crippen molar-refractivity contribution in [3.05, 3.63) is 222 Å². The van der Waals surface area contributed by atoms with E-state index in [4.69, 9.17) is 0 Å². The van der Waals surface area contributed by atoms with Crippen LogP contribution in [-0.2, 0) is 11.8 Å². The predicted octanol–water partition coefficient (Wildman–Crippen LogP) is 14.2. The second kappa shape index (κ2) is 12.9. The van der Waals surface area contributed by atoms with Gasteiger partial charge in [0, 0.05) is 28.4 Å². The van der Waals surface area contributed by atoms with Gasteiger partial charge in [-0.05, 0) is 115 Å². The summed E-state index contributed by atoms with van der Waals surface area (Å²) in [6.45, 7) is 4.81. The molecule has 1 nitrogen and oxygen atoms in total. The number of hydrogen-bond acceptors (Lipinski definition) is 1. The van der Waals surface area contributed by atoms with Crippen molar-refractivity contribution in [2.75, 3.05) is 4.90 Å². The lowest BCUT2D eigenvalue weighted by atomic mass is 9.73. The second-order valence-electron chi connectivity index (χ2n) is 15.3. The molecule has 0 unspecified atom stereocenters. The van der Waals surface area contributed by atoms with Gasteiger partial charge in [-0.3, -0.25) is 0 Å². The molecule has 2 aliphatic carbocycles. The lowest BCUT2D eigenvalue weighted by molar-refractivity contribution is 0.659. The Morgan fingerprint density at radius 3 is 1.67 bits per heavy atom. The molecule has 1 atom stereocenters. The van der Waals surface area contributed by atoms with E-state index < -0.39 is 0 Å². The Kier molecular flexibility index (Phi) is 7.70. The summed E-state index contributed by atoms with van der Waals surface area (Å²) in [6, 6.07) is 71.5. The first-order valence-electron chi connectivity index (χ1n) is 19.1. The largest absolute Gasteiger partial charge is 0.310 e. The molecule has 0 aromatic heterocycles. The van der Waals surface area contributed by atoms with Gasteiger partial charge in [-0.15, -0.1) is 0 Å². The number of rotatable bonds is 6. The van der Waals surface area contributed by atoms with Crippen molar-refractivity contribution in [1.29, 1.82) is 0 Å². The normalized spacial score (nSPS) is 14.7. The quantitative estimate of drug-likeness (QED) is 0.168. The maximum Gasteiger partial charge on any atom is 0.0465 e. The van der Waals surface area contributed by atoms with Crippen LogP contribution in [0.5, 0.6) is 0 Å². The smallest absolute Gasteiger partial charge is 0.0465 e. The fraction of sp³-hybridized carbons (Fsp3) is 0.0943. The Labute approximate surface area is 318 Å². The molecule has 0 saturated heterocycles. The highest BCUT2D eigenvalue weighted by Gasteiger charge is 2.39. The van der Waals surface area contributed by atoms with Gasteiger partial charge in [-0.2, -0.15) is 0 Å². The van der Waals surface area contributed by atoms with Crippen LogP contribution in [0.25, 0.3) is 44.5 Å². The summed E-state index contributed by atoms with van der Waals surface area (Å²) in [5.41, 5.74) is 20.8. The summed E-state index contributed by atoms with van der Waals surface area (Å²) < 4.78 is 0. The van der Waals surface area contributed by atoms with Gasteiger partial charge in [0.1, 0.15) is 0 Å². The molecule has 0 fully saturated rings. The standard InChI is InChI=1S/C53H41N/c1-53(2)50-23-13-22-47(49-34-40-16-9-10-19-44(40)45-20-11-12-21-46(45)49)52(50)48-33-32-43(35-51(48)53)54(41-17-7-4-8-18-41)42-30-28-39(29-31-42)38-26-24-37(25-27-38)36-14-5-3-6-15-36/h3-33,35,49H,34H2,1-2H3/t49-/m0/s1. The van der Waals surface area contributed by atoms with Crippen molar-refractivity contribution in [2.45, 2.75) is 31.6 Å². The average molecular weight is 692 g/mol. The fourth-order valence-corrected chi connectivity index (χ4v) is 9.16. The van der Waals surface area contributed by atoms with Crippen LogP contribution in [0, 0.1) is 0 Å². The first-order valence-corrected chi connectivity index (χ1v) is 19.1. The van der Waals surface area contributed by atoms with E-state index >= 15 is 0 Å². The molecule has 0 bridgehead atoms. The zero-order chi connectivity index (χ0) is 36.2. The van der Waals surface area contributed by atoms with Crippen molar-refractivity contribution < 1.29 is 0 Å². The van der Waals surface area contributed by atoms with Gasteiger partial charge in [-0.1, -0.05) is 172 Å². The summed E-state index contributed by atoms with van der Waals surface area (Å²) in [5, 5.41) is 0. The third kappa shape index (κ3) is 5.31. The van der Waals surface area contributed by atoms with Crippen LogP contribution in [-0.4, -0.2) is 0 Å². The van der Waals surface area contributed by atoms with Crippen molar-refractivity contribution >= 4 is 17.1 Å². The number of hydrogen-bond donors (Lipinski definition) is 0. The summed E-state index contributed by atoms with van der Waals surface area (Å²) in [4.78, 5) is 2.40. The highest BCUT2D eigenvalue weighted by Crippen LogP contribution is 2.55. The molecule has 8 aromatic carbocycles. The molecule has 0 amide bonds. The summed E-state index contributed by atoms with van der Waals surface area (Å²) >= 11 is 0. The van der Waals surface area contributed by atoms with E-state index in [1.807, 2.05) is 0 Å². The third-order valence-corrected chi connectivity index (χ3v) is 11.9. The zero-order valence-corrected chi connectivity index (χ0v) is 30.7. The minimum atomic E-state index is -0.152. The summed E-state index contributed by atoms with van der Waals surface area (Å²) in [7, 11) is 0. The van der Waals surface area contributed by atoms with E-state index in [1.54, 1.807) is 0 Å². The molecular weight excluding hydrogens is 651 g/mol. The van der Waals surface area contributed by atoms with E-state index in [9.17, 15) is 0 Å². The van der Waals surface area contributed by atoms with Gasteiger partial charge in [0.2, 0.25) is 0 Å². The Hall–Kier alpha value is -6.44. The minimum Gasteiger partial charge on any atom is -0.310 e. The van der Waals surface area contributed by atoms with Gasteiger partial charge < -0.3 is 4.90 Å². The van der Waals surface area contributed by atoms with E-state index in [0.717, 1.165) is 17.8 Å². The lowest BCUT2D eigenvalue weighted by Gasteiger charge is -2.30. The van der Waals surface area contributed by atoms with Gasteiger partial charge >= 0.3 is 0 Å².